The quantitative estimate of drug-likeness (QED) is 0.798. The van der Waals surface area contributed by atoms with Crippen molar-refractivity contribution in [1.29, 1.82) is 0 Å². The third kappa shape index (κ3) is 3.68. The smallest absolute Gasteiger partial charge is 0.310 e. The molecule has 1 aliphatic heterocycles. The Morgan fingerprint density at radius 1 is 1.30 bits per heavy atom. The second-order valence-electron chi connectivity index (χ2n) is 6.03. The predicted molar refractivity (Wildman–Crippen MR) is 98.5 cm³/mol. The van der Waals surface area contributed by atoms with Crippen molar-refractivity contribution in [2.24, 2.45) is 10.7 Å². The second-order valence-corrected chi connectivity index (χ2v) is 6.87. The zero-order valence-electron chi connectivity index (χ0n) is 14.0. The fraction of sp³-hybridized carbons (Fsp3) is 0.235. The van der Waals surface area contributed by atoms with Crippen LogP contribution in [0.2, 0.25) is 10.0 Å². The number of pyridine rings is 1. The molecule has 10 heteroatoms. The largest absolute Gasteiger partial charge is 0.459 e. The number of alkyl halides is 2. The molecule has 0 fully saturated rings. The van der Waals surface area contributed by atoms with Gasteiger partial charge in [-0.25, -0.2) is 9.98 Å². The van der Waals surface area contributed by atoms with Crippen LogP contribution in [0, 0.1) is 0 Å². The number of halogens is 4. The zero-order valence-corrected chi connectivity index (χ0v) is 15.5. The molecule has 0 saturated carbocycles. The van der Waals surface area contributed by atoms with Crippen molar-refractivity contribution in [3.63, 3.8) is 0 Å². The number of amidine groups is 1. The predicted octanol–water partition coefficient (Wildman–Crippen LogP) is 3.84. The molecule has 3 rings (SSSR count). The minimum Gasteiger partial charge on any atom is -0.459 e. The Morgan fingerprint density at radius 3 is 2.70 bits per heavy atom. The van der Waals surface area contributed by atoms with Crippen LogP contribution in [0.4, 0.5) is 14.5 Å². The first-order chi connectivity index (χ1) is 12.6. The van der Waals surface area contributed by atoms with Crippen LogP contribution in [0.1, 0.15) is 23.0 Å². The Labute approximate surface area is 163 Å². The summed E-state index contributed by atoms with van der Waals surface area (Å²) in [5, 5.41) is 3.02. The molecule has 1 aliphatic rings. The number of benzene rings is 1. The molecule has 3 N–H and O–H groups in total. The highest BCUT2D eigenvalue weighted by Gasteiger charge is 2.56. The summed E-state index contributed by atoms with van der Waals surface area (Å²) < 4.78 is 33.7. The summed E-state index contributed by atoms with van der Waals surface area (Å²) in [4.78, 5) is 20.0. The van der Waals surface area contributed by atoms with E-state index >= 15 is 0 Å². The molecule has 1 amide bonds. The van der Waals surface area contributed by atoms with E-state index in [9.17, 15) is 13.6 Å². The summed E-state index contributed by atoms with van der Waals surface area (Å²) in [6.45, 7) is 0.274. The number of amides is 1. The van der Waals surface area contributed by atoms with Gasteiger partial charge >= 0.3 is 5.92 Å². The number of aliphatic imine (C=N–C) groups is 1. The first-order valence-electron chi connectivity index (χ1n) is 7.71. The van der Waals surface area contributed by atoms with E-state index in [2.05, 4.69) is 20.0 Å². The van der Waals surface area contributed by atoms with Crippen molar-refractivity contribution in [2.45, 2.75) is 18.4 Å². The lowest BCUT2D eigenvalue weighted by molar-refractivity contribution is -0.116. The monoisotopic (exact) mass is 414 g/mol. The highest BCUT2D eigenvalue weighted by molar-refractivity contribution is 6.31. The van der Waals surface area contributed by atoms with Crippen LogP contribution < -0.4 is 11.1 Å². The molecular formula is C17H14Cl2F2N4O2. The maximum absolute atomic E-state index is 14.5. The van der Waals surface area contributed by atoms with Gasteiger partial charge < -0.3 is 15.8 Å². The van der Waals surface area contributed by atoms with E-state index in [0.29, 0.717) is 5.02 Å². The Morgan fingerprint density at radius 2 is 2.04 bits per heavy atom. The molecule has 0 aliphatic carbocycles. The van der Waals surface area contributed by atoms with Crippen molar-refractivity contribution >= 4 is 40.8 Å². The summed E-state index contributed by atoms with van der Waals surface area (Å²) >= 11 is 11.9. The van der Waals surface area contributed by atoms with Gasteiger partial charge in [0.25, 0.3) is 11.9 Å². The molecule has 0 radical (unpaired) electrons. The van der Waals surface area contributed by atoms with Crippen LogP contribution in [0.15, 0.2) is 41.5 Å². The van der Waals surface area contributed by atoms with Gasteiger partial charge in [-0.05, 0) is 37.3 Å². The third-order valence-electron chi connectivity index (χ3n) is 4.16. The summed E-state index contributed by atoms with van der Waals surface area (Å²) in [6.07, 6.45) is 1.32. The van der Waals surface area contributed by atoms with E-state index in [0.717, 1.165) is 0 Å². The van der Waals surface area contributed by atoms with Crippen molar-refractivity contribution in [2.75, 3.05) is 11.9 Å². The van der Waals surface area contributed by atoms with Crippen molar-refractivity contribution < 1.29 is 18.3 Å². The minimum atomic E-state index is -3.36. The number of nitrogens with one attached hydrogen (secondary N) is 1. The highest BCUT2D eigenvalue weighted by Crippen LogP contribution is 2.46. The Bertz CT molecular complexity index is 922. The van der Waals surface area contributed by atoms with Gasteiger partial charge in [-0.2, -0.15) is 8.78 Å². The number of aromatic nitrogens is 1. The second kappa shape index (κ2) is 6.94. The molecule has 0 spiro atoms. The number of carbonyl (C=O) groups is 1. The molecule has 6 nitrogen and oxygen atoms in total. The summed E-state index contributed by atoms with van der Waals surface area (Å²) in [5.41, 5.74) is 3.80. The van der Waals surface area contributed by atoms with Gasteiger partial charge in [-0.1, -0.05) is 23.2 Å². The maximum atomic E-state index is 14.5. The highest BCUT2D eigenvalue weighted by atomic mass is 35.5. The van der Waals surface area contributed by atoms with Crippen LogP contribution >= 0.6 is 23.2 Å². The minimum absolute atomic E-state index is 0.00211. The molecule has 2 heterocycles. The first-order valence-corrected chi connectivity index (χ1v) is 8.47. The van der Waals surface area contributed by atoms with E-state index < -0.39 is 24.0 Å². The number of rotatable bonds is 3. The van der Waals surface area contributed by atoms with E-state index in [1.165, 1.54) is 43.5 Å². The summed E-state index contributed by atoms with van der Waals surface area (Å²) in [6, 6.07) is 6.79. The fourth-order valence-electron chi connectivity index (χ4n) is 2.58. The van der Waals surface area contributed by atoms with Gasteiger partial charge in [-0.15, -0.1) is 0 Å². The zero-order chi connectivity index (χ0) is 19.8. The van der Waals surface area contributed by atoms with E-state index in [1.54, 1.807) is 0 Å². The Balaban J connectivity index is 1.96. The average molecular weight is 415 g/mol. The molecule has 0 saturated heterocycles. The number of nitrogens with two attached hydrogens (primary N) is 1. The van der Waals surface area contributed by atoms with Gasteiger partial charge in [0.2, 0.25) is 0 Å². The van der Waals surface area contributed by atoms with E-state index in [-0.39, 0.29) is 28.0 Å². The van der Waals surface area contributed by atoms with Crippen LogP contribution in [0.3, 0.4) is 0 Å². The normalized spacial score (nSPS) is 21.1. The van der Waals surface area contributed by atoms with Gasteiger partial charge in [-0.3, -0.25) is 4.79 Å². The molecule has 27 heavy (non-hydrogen) atoms. The number of ether oxygens (including phenoxy) is 1. The number of hydrogen-bond acceptors (Lipinski definition) is 5. The lowest BCUT2D eigenvalue weighted by atomic mass is 9.85. The van der Waals surface area contributed by atoms with Crippen LogP contribution in [-0.4, -0.2) is 29.4 Å². The van der Waals surface area contributed by atoms with Crippen LogP contribution in [0.5, 0.6) is 0 Å². The van der Waals surface area contributed by atoms with Crippen molar-refractivity contribution in [3.8, 4) is 0 Å². The Kier molecular flexibility index (Phi) is 4.96. The fourth-order valence-corrected chi connectivity index (χ4v) is 2.99. The van der Waals surface area contributed by atoms with Gasteiger partial charge in [0.1, 0.15) is 5.69 Å². The first kappa shape index (κ1) is 19.3. The van der Waals surface area contributed by atoms with Crippen molar-refractivity contribution in [3.05, 3.63) is 57.8 Å². The van der Waals surface area contributed by atoms with E-state index in [1.807, 2.05) is 0 Å². The third-order valence-corrected chi connectivity index (χ3v) is 4.71. The SMILES string of the molecule is CC1(c2cc(NC(=O)c3ccc(Cl)cn3)ccc2Cl)N=C(N)OCC1(F)F. The van der Waals surface area contributed by atoms with Crippen LogP contribution in [-0.2, 0) is 10.3 Å². The lowest BCUT2D eigenvalue weighted by Crippen LogP contribution is -2.51. The lowest BCUT2D eigenvalue weighted by Gasteiger charge is -2.38. The number of carbonyl (C=O) groups excluding carboxylic acids is 1. The van der Waals surface area contributed by atoms with Gasteiger partial charge in [0.15, 0.2) is 12.1 Å². The summed E-state index contributed by atoms with van der Waals surface area (Å²) in [5.74, 6) is -3.90. The number of anilines is 1. The molecule has 142 valence electrons. The molecule has 1 unspecified atom stereocenters. The standard InChI is InChI=1S/C17H14Cl2F2N4O2/c1-16(17(20,21)8-27-15(22)25-16)11-6-10(3-4-12(11)19)24-14(26)13-5-2-9(18)7-23-13/h2-7H,8H2,1H3,(H2,22,25)(H,24,26). The van der Waals surface area contributed by atoms with E-state index in [4.69, 9.17) is 28.9 Å². The molecular weight excluding hydrogens is 401 g/mol. The average Bonchev–Trinajstić information content (AvgIpc) is 2.61. The van der Waals surface area contributed by atoms with Gasteiger partial charge in [0, 0.05) is 22.5 Å². The summed E-state index contributed by atoms with van der Waals surface area (Å²) in [7, 11) is 0. The number of hydrogen-bond donors (Lipinski definition) is 2. The molecule has 0 bridgehead atoms. The maximum Gasteiger partial charge on any atom is 0.310 e. The molecule has 1 atom stereocenters. The van der Waals surface area contributed by atoms with Gasteiger partial charge in [0.05, 0.1) is 5.02 Å². The molecule has 1 aromatic carbocycles. The number of nitrogens with zero attached hydrogens (tertiary/aromatic N) is 2. The van der Waals surface area contributed by atoms with Crippen molar-refractivity contribution in [1.82, 2.24) is 4.98 Å². The Hall–Kier alpha value is -2.45. The topological polar surface area (TPSA) is 89.6 Å². The molecule has 1 aromatic heterocycles. The van der Waals surface area contributed by atoms with Crippen LogP contribution in [0.25, 0.3) is 0 Å². The molecule has 2 aromatic rings.